The first-order chi connectivity index (χ1) is 48.5. The van der Waals surface area contributed by atoms with Gasteiger partial charge in [-0.05, 0) is 118 Å². The minimum atomic E-state index is -1.13. The standard InChI is InChI=1S/C14H17NO6.C14H18O4.C13H15NO6.C13H16O4.C12H13NO3.C7H6O2/c1-3-4-5-13(14(17)20-2)21-12-7-6-11(15(18)19)8-10(12)9-16;1-3-4-8-13(14(16)17-2)18-12-9-6-5-7-11(12)10-15;1-2-3-4-12(13(16)17)20-11-6-5-10(14(18)19)7-9(11)8-15;1-2-3-7-12(13(15)16)17-11-8-5-4-6-10(11)9-14;1-2-3-4-11-8-9-7-10(13(14)15)5-6-12(9)16-11;8-5-6-3-1-2-4-7(6)9/h6-9,13H,3-5H2,1-2H3;5-7,9-10,13H,3-4,8H2,1-2H3;5-8,12H,2-4H2,1H3,(H,16,17);4-6,8-9,12H,2-3,7H2,1H3,(H,15,16);5-8H,2-4H2,1H3;1-5,9H. The van der Waals surface area contributed by atoms with Gasteiger partial charge in [0, 0.05) is 48.2 Å². The number of phenolic OH excluding ortho intramolecular Hbond substituents is 1. The van der Waals surface area contributed by atoms with Gasteiger partial charge >= 0.3 is 23.9 Å². The van der Waals surface area contributed by atoms with E-state index in [0.717, 1.165) is 93.1 Å². The molecule has 3 N–H and O–H groups in total. The van der Waals surface area contributed by atoms with Gasteiger partial charge in [0.2, 0.25) is 0 Å². The van der Waals surface area contributed by atoms with Crippen LogP contribution >= 0.6 is 0 Å². The highest BCUT2D eigenvalue weighted by Crippen LogP contribution is 2.29. The number of hydrogen-bond donors (Lipinski definition) is 3. The number of benzene rings is 6. The molecule has 6 aromatic carbocycles. The molecule has 0 spiro atoms. The molecule has 0 aliphatic rings. The highest BCUT2D eigenvalue weighted by molar-refractivity contribution is 5.84. The number of carboxylic acid groups (broad SMARTS) is 2. The lowest BCUT2D eigenvalue weighted by molar-refractivity contribution is -0.385. The van der Waals surface area contributed by atoms with Crippen molar-refractivity contribution in [2.24, 2.45) is 0 Å². The van der Waals surface area contributed by atoms with Crippen molar-refractivity contribution in [2.75, 3.05) is 14.2 Å². The zero-order valence-corrected chi connectivity index (χ0v) is 57.2. The average Bonchev–Trinajstić information content (AvgIpc) is 1.79. The number of rotatable bonds is 35. The van der Waals surface area contributed by atoms with Crippen LogP contribution in [0.5, 0.6) is 28.7 Å². The number of nitro benzene ring substituents is 3. The minimum absolute atomic E-state index is 0.0228. The van der Waals surface area contributed by atoms with Crippen molar-refractivity contribution in [3.63, 3.8) is 0 Å². The molecule has 0 aliphatic carbocycles. The second-order valence-electron chi connectivity index (χ2n) is 21.7. The van der Waals surface area contributed by atoms with Gasteiger partial charge in [0.1, 0.15) is 40.1 Å². The number of hydrogen-bond acceptors (Lipinski definition) is 23. The Morgan fingerprint density at radius 1 is 0.426 bits per heavy atom. The van der Waals surface area contributed by atoms with Crippen molar-refractivity contribution in [1.82, 2.24) is 0 Å². The molecule has 0 saturated heterocycles. The van der Waals surface area contributed by atoms with Crippen LogP contribution in [0.4, 0.5) is 17.1 Å². The maximum Gasteiger partial charge on any atom is 0.347 e. The molecule has 0 bridgehead atoms. The number of nitrogens with zero attached hydrogens (tertiary/aromatic N) is 3. The molecule has 0 radical (unpaired) electrons. The minimum Gasteiger partial charge on any atom is -0.507 e. The third kappa shape index (κ3) is 30.7. The van der Waals surface area contributed by atoms with E-state index in [1.165, 1.54) is 50.6 Å². The monoisotopic (exact) mass is 1400 g/mol. The van der Waals surface area contributed by atoms with Crippen LogP contribution in [-0.4, -0.2) is 124 Å². The number of aldehydes is 5. The molecule has 542 valence electrons. The third-order valence-corrected chi connectivity index (χ3v) is 14.2. The quantitative estimate of drug-likeness (QED) is 0.0144. The van der Waals surface area contributed by atoms with Crippen LogP contribution < -0.4 is 18.9 Å². The first kappa shape index (κ1) is 85.4. The summed E-state index contributed by atoms with van der Waals surface area (Å²) < 4.78 is 36.7. The van der Waals surface area contributed by atoms with Crippen molar-refractivity contribution in [1.29, 1.82) is 0 Å². The zero-order chi connectivity index (χ0) is 75.2. The molecular formula is C73H85N3O25. The summed E-state index contributed by atoms with van der Waals surface area (Å²) in [6.07, 6.45) is 10.8. The number of aromatic hydroxyl groups is 1. The van der Waals surface area contributed by atoms with Crippen molar-refractivity contribution in [3.05, 3.63) is 197 Å². The normalized spacial score (nSPS) is 11.3. The van der Waals surface area contributed by atoms with Crippen molar-refractivity contribution < 1.29 is 106 Å². The number of furan rings is 1. The van der Waals surface area contributed by atoms with E-state index in [1.54, 1.807) is 78.9 Å². The van der Waals surface area contributed by atoms with E-state index in [4.69, 9.17) is 43.4 Å². The number of carboxylic acids is 2. The number of para-hydroxylation sites is 3. The van der Waals surface area contributed by atoms with Gasteiger partial charge < -0.3 is 48.2 Å². The molecule has 28 heteroatoms. The molecule has 7 aromatic rings. The van der Waals surface area contributed by atoms with E-state index >= 15 is 0 Å². The fraction of sp³-hybridized carbons (Fsp3) is 0.356. The second-order valence-corrected chi connectivity index (χ2v) is 21.7. The average molecular weight is 1400 g/mol. The first-order valence-electron chi connectivity index (χ1n) is 32.2. The summed E-state index contributed by atoms with van der Waals surface area (Å²) in [5.41, 5.74) is 1.48. The number of nitro groups is 3. The molecule has 1 aromatic heterocycles. The van der Waals surface area contributed by atoms with Crippen LogP contribution in [-0.2, 0) is 35.1 Å². The number of methoxy groups -OCH3 is 2. The van der Waals surface area contributed by atoms with Gasteiger partial charge in [-0.25, -0.2) is 19.2 Å². The molecule has 28 nitrogen and oxygen atoms in total. The third-order valence-electron chi connectivity index (χ3n) is 14.2. The fourth-order valence-electron chi connectivity index (χ4n) is 8.68. The Balaban J connectivity index is 0.000000417. The maximum atomic E-state index is 11.7. The number of carbonyl (C=O) groups is 9. The number of unbranched alkanes of at least 4 members (excludes halogenated alkanes) is 5. The van der Waals surface area contributed by atoms with E-state index in [1.807, 2.05) is 33.8 Å². The van der Waals surface area contributed by atoms with Crippen LogP contribution in [0.1, 0.15) is 182 Å². The smallest absolute Gasteiger partial charge is 0.347 e. The number of carbonyl (C=O) groups excluding carboxylic acids is 7. The fourth-order valence-corrected chi connectivity index (χ4v) is 8.68. The van der Waals surface area contributed by atoms with Gasteiger partial charge in [0.05, 0.1) is 56.8 Å². The number of ether oxygens (including phenoxy) is 6. The van der Waals surface area contributed by atoms with Gasteiger partial charge in [-0.3, -0.25) is 54.3 Å². The highest BCUT2D eigenvalue weighted by Gasteiger charge is 2.26. The summed E-state index contributed by atoms with van der Waals surface area (Å²) in [5, 5.41) is 59.6. The SMILES string of the molecule is CCCCC(Oc1ccc([N+](=O)[O-])cc1C=O)C(=O)O.CCCCC(Oc1ccc([N+](=O)[O-])cc1C=O)C(=O)OC.CCCCC(Oc1ccccc1C=O)C(=O)O.CCCCC(Oc1ccccc1C=O)C(=O)OC.CCCCc1cc2cc([N+](=O)[O-])ccc2o1.O=Cc1ccccc1O. The molecule has 4 unspecified atom stereocenters. The first-order valence-corrected chi connectivity index (χ1v) is 32.2. The molecule has 101 heavy (non-hydrogen) atoms. The lowest BCUT2D eigenvalue weighted by Gasteiger charge is -2.17. The number of aliphatic carboxylic acids is 2. The Kier molecular flexibility index (Phi) is 40.6. The molecular weight excluding hydrogens is 1320 g/mol. The van der Waals surface area contributed by atoms with E-state index in [-0.39, 0.29) is 45.4 Å². The Morgan fingerprint density at radius 2 is 0.752 bits per heavy atom. The van der Waals surface area contributed by atoms with Gasteiger partial charge in [-0.1, -0.05) is 103 Å². The van der Waals surface area contributed by atoms with Crippen LogP contribution in [0.15, 0.2) is 138 Å². The number of aryl methyl sites for hydroxylation is 1. The van der Waals surface area contributed by atoms with Crippen LogP contribution in [0.2, 0.25) is 0 Å². The van der Waals surface area contributed by atoms with E-state index in [9.17, 15) is 73.5 Å². The van der Waals surface area contributed by atoms with Crippen LogP contribution in [0.25, 0.3) is 11.0 Å². The van der Waals surface area contributed by atoms with Crippen LogP contribution in [0, 0.1) is 30.3 Å². The molecule has 7 rings (SSSR count). The lowest BCUT2D eigenvalue weighted by Crippen LogP contribution is -2.29. The summed E-state index contributed by atoms with van der Waals surface area (Å²) in [5.74, 6) is -1.25. The summed E-state index contributed by atoms with van der Waals surface area (Å²) in [6, 6.07) is 33.5. The Hall–Kier alpha value is -11.7. The molecule has 0 aliphatic heterocycles. The largest absolute Gasteiger partial charge is 0.507 e. The topological polar surface area (TPSA) is 412 Å². The van der Waals surface area contributed by atoms with Crippen molar-refractivity contribution >= 4 is 83.3 Å². The summed E-state index contributed by atoms with van der Waals surface area (Å²) in [6.45, 7) is 10.0. The summed E-state index contributed by atoms with van der Waals surface area (Å²) in [4.78, 5) is 129. The Morgan fingerprint density at radius 3 is 1.09 bits per heavy atom. The molecule has 4 atom stereocenters. The van der Waals surface area contributed by atoms with Gasteiger partial charge in [0.25, 0.3) is 17.1 Å². The van der Waals surface area contributed by atoms with Gasteiger partial charge in [-0.15, -0.1) is 0 Å². The number of phenols is 1. The van der Waals surface area contributed by atoms with E-state index < -0.39 is 63.1 Å². The predicted octanol–water partition coefficient (Wildman–Crippen LogP) is 15.0. The van der Waals surface area contributed by atoms with Gasteiger partial charge in [0.15, 0.2) is 55.8 Å². The Bertz CT molecular complexity index is 3810. The van der Waals surface area contributed by atoms with Crippen molar-refractivity contribution in [2.45, 2.75) is 155 Å². The number of fused-ring (bicyclic) bond motifs is 1. The number of non-ortho nitro benzene ring substituents is 3. The predicted molar refractivity (Wildman–Crippen MR) is 371 cm³/mol. The molecule has 0 amide bonds. The Labute approximate surface area is 582 Å². The zero-order valence-electron chi connectivity index (χ0n) is 57.2. The number of esters is 2. The molecule has 0 fully saturated rings. The summed E-state index contributed by atoms with van der Waals surface area (Å²) in [7, 11) is 2.58. The molecule has 0 saturated carbocycles. The second kappa shape index (κ2) is 48.1. The van der Waals surface area contributed by atoms with E-state index in [2.05, 4.69) is 11.7 Å². The van der Waals surface area contributed by atoms with Gasteiger partial charge in [-0.2, -0.15) is 0 Å². The van der Waals surface area contributed by atoms with Crippen molar-refractivity contribution in [3.8, 4) is 28.7 Å². The van der Waals surface area contributed by atoms with Crippen LogP contribution in [0.3, 0.4) is 0 Å². The van der Waals surface area contributed by atoms with E-state index in [0.29, 0.717) is 91.7 Å². The summed E-state index contributed by atoms with van der Waals surface area (Å²) >= 11 is 0. The molecule has 1 heterocycles. The maximum absolute atomic E-state index is 11.7. The highest BCUT2D eigenvalue weighted by atomic mass is 16.6. The lowest BCUT2D eigenvalue weighted by atomic mass is 10.1.